The van der Waals surface area contributed by atoms with E-state index in [0.717, 1.165) is 12.0 Å². The Kier molecular flexibility index (Phi) is 9.94. The van der Waals surface area contributed by atoms with Crippen molar-refractivity contribution in [2.45, 2.75) is 52.2 Å². The molecular formula is C23H27Cl3N2O3. The fraction of sp³-hybridized carbons (Fsp3) is 0.391. The molecule has 2 rings (SSSR count). The maximum absolute atomic E-state index is 13.2. The van der Waals surface area contributed by atoms with Gasteiger partial charge in [-0.2, -0.15) is 0 Å². The van der Waals surface area contributed by atoms with Gasteiger partial charge in [0.15, 0.2) is 6.61 Å². The minimum atomic E-state index is -0.661. The zero-order chi connectivity index (χ0) is 23.0. The first kappa shape index (κ1) is 25.3. The van der Waals surface area contributed by atoms with E-state index in [1.807, 2.05) is 20.8 Å². The molecule has 0 aliphatic rings. The van der Waals surface area contributed by atoms with Crippen LogP contribution in [0.1, 0.15) is 39.2 Å². The van der Waals surface area contributed by atoms with E-state index in [0.29, 0.717) is 27.2 Å². The smallest absolute Gasteiger partial charge is 0.261 e. The van der Waals surface area contributed by atoms with Crippen LogP contribution in [0.2, 0.25) is 15.1 Å². The Balaban J connectivity index is 2.26. The Morgan fingerprint density at radius 3 is 2.32 bits per heavy atom. The highest BCUT2D eigenvalue weighted by molar-refractivity contribution is 6.42. The average Bonchev–Trinajstić information content (AvgIpc) is 2.75. The number of nitrogens with one attached hydrogen (secondary N) is 1. The first-order chi connectivity index (χ1) is 14.8. The van der Waals surface area contributed by atoms with Crippen molar-refractivity contribution >= 4 is 46.6 Å². The summed E-state index contributed by atoms with van der Waals surface area (Å²) in [6, 6.07) is 11.4. The van der Waals surface area contributed by atoms with Crippen LogP contribution in [-0.2, 0) is 16.1 Å². The van der Waals surface area contributed by atoms with Gasteiger partial charge >= 0.3 is 0 Å². The summed E-state index contributed by atoms with van der Waals surface area (Å²) in [5.41, 5.74) is 0.760. The Morgan fingerprint density at radius 2 is 1.71 bits per heavy atom. The highest BCUT2D eigenvalue weighted by atomic mass is 35.5. The highest BCUT2D eigenvalue weighted by Gasteiger charge is 2.29. The van der Waals surface area contributed by atoms with Crippen LogP contribution < -0.4 is 10.1 Å². The molecule has 8 heteroatoms. The molecule has 0 saturated carbocycles. The van der Waals surface area contributed by atoms with Crippen molar-refractivity contribution in [1.29, 1.82) is 0 Å². The minimum Gasteiger partial charge on any atom is -0.482 e. The predicted octanol–water partition coefficient (Wildman–Crippen LogP) is 5.75. The minimum absolute atomic E-state index is 0.00264. The first-order valence-corrected chi connectivity index (χ1v) is 11.3. The van der Waals surface area contributed by atoms with Crippen molar-refractivity contribution in [3.05, 3.63) is 63.1 Å². The summed E-state index contributed by atoms with van der Waals surface area (Å²) in [5.74, 6) is -0.135. The number of hydrogen-bond acceptors (Lipinski definition) is 3. The number of carbonyl (C=O) groups excluding carboxylic acids is 2. The van der Waals surface area contributed by atoms with Gasteiger partial charge in [0.2, 0.25) is 5.91 Å². The molecule has 2 unspecified atom stereocenters. The van der Waals surface area contributed by atoms with Crippen LogP contribution in [0, 0.1) is 0 Å². The molecule has 2 amide bonds. The van der Waals surface area contributed by atoms with E-state index >= 15 is 0 Å². The van der Waals surface area contributed by atoms with E-state index < -0.39 is 6.04 Å². The maximum Gasteiger partial charge on any atom is 0.261 e. The molecule has 0 radical (unpaired) electrons. The van der Waals surface area contributed by atoms with E-state index in [9.17, 15) is 9.59 Å². The molecule has 0 aliphatic carbocycles. The molecule has 5 nitrogen and oxygen atoms in total. The SMILES string of the molecule is CCC(C)NC(=O)C(CC)N(Cc1ccc(Cl)c(Cl)c1)C(=O)COc1ccccc1Cl. The van der Waals surface area contributed by atoms with Crippen LogP contribution in [0.25, 0.3) is 0 Å². The van der Waals surface area contributed by atoms with Crippen LogP contribution in [0.4, 0.5) is 0 Å². The van der Waals surface area contributed by atoms with Gasteiger partial charge in [0.25, 0.3) is 5.91 Å². The topological polar surface area (TPSA) is 58.6 Å². The fourth-order valence-electron chi connectivity index (χ4n) is 2.98. The van der Waals surface area contributed by atoms with Crippen molar-refractivity contribution < 1.29 is 14.3 Å². The number of hydrogen-bond donors (Lipinski definition) is 1. The summed E-state index contributed by atoms with van der Waals surface area (Å²) < 4.78 is 5.63. The van der Waals surface area contributed by atoms with Crippen molar-refractivity contribution in [1.82, 2.24) is 10.2 Å². The Bertz CT molecular complexity index is 907. The summed E-state index contributed by atoms with van der Waals surface area (Å²) in [4.78, 5) is 27.6. The van der Waals surface area contributed by atoms with E-state index in [-0.39, 0.29) is 31.0 Å². The molecule has 0 spiro atoms. The number of halogens is 3. The van der Waals surface area contributed by atoms with E-state index in [4.69, 9.17) is 39.5 Å². The van der Waals surface area contributed by atoms with Crippen molar-refractivity contribution in [2.24, 2.45) is 0 Å². The van der Waals surface area contributed by atoms with Crippen molar-refractivity contribution in [3.63, 3.8) is 0 Å². The van der Waals surface area contributed by atoms with E-state index in [1.54, 1.807) is 42.5 Å². The molecule has 0 aliphatic heterocycles. The number of para-hydroxylation sites is 1. The number of rotatable bonds is 10. The van der Waals surface area contributed by atoms with Gasteiger partial charge in [-0.05, 0) is 49.6 Å². The van der Waals surface area contributed by atoms with Gasteiger partial charge in [-0.25, -0.2) is 0 Å². The Morgan fingerprint density at radius 1 is 1.00 bits per heavy atom. The summed E-state index contributed by atoms with van der Waals surface area (Å²) in [6.45, 7) is 5.72. The molecule has 0 heterocycles. The Labute approximate surface area is 198 Å². The summed E-state index contributed by atoms with van der Waals surface area (Å²) in [5, 5.41) is 4.18. The molecule has 2 atom stereocenters. The third kappa shape index (κ3) is 7.30. The first-order valence-electron chi connectivity index (χ1n) is 10.2. The second-order valence-corrected chi connectivity index (χ2v) is 8.45. The highest BCUT2D eigenvalue weighted by Crippen LogP contribution is 2.25. The zero-order valence-electron chi connectivity index (χ0n) is 17.8. The molecule has 168 valence electrons. The van der Waals surface area contributed by atoms with Crippen LogP contribution in [0.15, 0.2) is 42.5 Å². The molecule has 2 aromatic carbocycles. The molecule has 2 aromatic rings. The van der Waals surface area contributed by atoms with Crippen molar-refractivity contribution in [3.8, 4) is 5.75 Å². The standard InChI is InChI=1S/C23H27Cl3N2O3/c1-4-15(3)27-23(30)20(5-2)28(13-16-10-11-17(24)19(26)12-16)22(29)14-31-21-9-7-6-8-18(21)25/h6-12,15,20H,4-5,13-14H2,1-3H3,(H,27,30). The lowest BCUT2D eigenvalue weighted by Crippen LogP contribution is -2.51. The van der Waals surface area contributed by atoms with E-state index in [2.05, 4.69) is 5.32 Å². The summed E-state index contributed by atoms with van der Waals surface area (Å²) >= 11 is 18.3. The van der Waals surface area contributed by atoms with Gasteiger partial charge in [0.1, 0.15) is 11.8 Å². The Hall–Kier alpha value is -1.95. The van der Waals surface area contributed by atoms with Gasteiger partial charge in [-0.3, -0.25) is 9.59 Å². The van der Waals surface area contributed by atoms with Crippen LogP contribution >= 0.6 is 34.8 Å². The molecule has 0 aromatic heterocycles. The number of benzene rings is 2. The largest absolute Gasteiger partial charge is 0.482 e. The fourth-order valence-corrected chi connectivity index (χ4v) is 3.49. The summed E-state index contributed by atoms with van der Waals surface area (Å²) in [6.07, 6.45) is 1.24. The maximum atomic E-state index is 13.2. The molecule has 31 heavy (non-hydrogen) atoms. The average molecular weight is 486 g/mol. The number of nitrogens with zero attached hydrogens (tertiary/aromatic N) is 1. The molecule has 1 N–H and O–H groups in total. The van der Waals surface area contributed by atoms with Crippen LogP contribution in [0.5, 0.6) is 5.75 Å². The second-order valence-electron chi connectivity index (χ2n) is 7.23. The van der Waals surface area contributed by atoms with Gasteiger partial charge in [0, 0.05) is 12.6 Å². The third-order valence-corrected chi connectivity index (χ3v) is 5.96. The summed E-state index contributed by atoms with van der Waals surface area (Å²) in [7, 11) is 0. The van der Waals surface area contributed by atoms with Crippen LogP contribution in [-0.4, -0.2) is 35.4 Å². The quantitative estimate of drug-likeness (QED) is 0.466. The number of amides is 2. The van der Waals surface area contributed by atoms with E-state index in [1.165, 1.54) is 4.90 Å². The molecule has 0 saturated heterocycles. The lowest BCUT2D eigenvalue weighted by molar-refractivity contribution is -0.143. The lowest BCUT2D eigenvalue weighted by atomic mass is 10.1. The number of ether oxygens (including phenoxy) is 1. The normalized spacial score (nSPS) is 12.7. The van der Waals surface area contributed by atoms with Gasteiger partial charge in [0.05, 0.1) is 15.1 Å². The monoisotopic (exact) mass is 484 g/mol. The van der Waals surface area contributed by atoms with Crippen molar-refractivity contribution in [2.75, 3.05) is 6.61 Å². The van der Waals surface area contributed by atoms with Gasteiger partial charge < -0.3 is 15.0 Å². The molecular weight excluding hydrogens is 459 g/mol. The van der Waals surface area contributed by atoms with Gasteiger partial charge in [-0.15, -0.1) is 0 Å². The predicted molar refractivity (Wildman–Crippen MR) is 126 cm³/mol. The third-order valence-electron chi connectivity index (χ3n) is 4.91. The second kappa shape index (κ2) is 12.2. The number of carbonyl (C=O) groups is 2. The lowest BCUT2D eigenvalue weighted by Gasteiger charge is -2.31. The zero-order valence-corrected chi connectivity index (χ0v) is 20.1. The van der Waals surface area contributed by atoms with Crippen LogP contribution in [0.3, 0.4) is 0 Å². The molecule has 0 fully saturated rings. The van der Waals surface area contributed by atoms with Gasteiger partial charge in [-0.1, -0.05) is 66.8 Å². The molecule has 0 bridgehead atoms.